The molecule has 0 saturated heterocycles. The van der Waals surface area contributed by atoms with Gasteiger partial charge in [0.25, 0.3) is 0 Å². The Morgan fingerprint density at radius 1 is 1.25 bits per heavy atom. The van der Waals surface area contributed by atoms with Gasteiger partial charge in [-0.05, 0) is 42.5 Å². The van der Waals surface area contributed by atoms with Crippen molar-refractivity contribution in [2.45, 2.75) is 31.7 Å². The zero-order valence-corrected chi connectivity index (χ0v) is 14.0. The number of aliphatic imine (C=N–C) groups is 1. The molecule has 0 radical (unpaired) electrons. The highest BCUT2D eigenvalue weighted by molar-refractivity contribution is 5.80. The van der Waals surface area contributed by atoms with Crippen LogP contribution in [0.3, 0.4) is 0 Å². The van der Waals surface area contributed by atoms with Gasteiger partial charge in [0.1, 0.15) is 5.76 Å². The van der Waals surface area contributed by atoms with E-state index in [-0.39, 0.29) is 0 Å². The Balaban J connectivity index is 1.58. The number of nitrogens with zero attached hydrogens (tertiary/aromatic N) is 1. The zero-order chi connectivity index (χ0) is 16.6. The molecular weight excluding hydrogens is 298 g/mol. The van der Waals surface area contributed by atoms with Gasteiger partial charge >= 0.3 is 0 Å². The minimum absolute atomic E-state index is 0.416. The molecule has 0 spiro atoms. The molecular formula is C20H25N3O. The summed E-state index contributed by atoms with van der Waals surface area (Å²) in [6.45, 7) is 5.17. The third-order valence-corrected chi connectivity index (χ3v) is 4.31. The second-order valence-corrected chi connectivity index (χ2v) is 6.08. The Kier molecular flexibility index (Phi) is 5.72. The summed E-state index contributed by atoms with van der Waals surface area (Å²) in [6.07, 6.45) is 7.65. The highest BCUT2D eigenvalue weighted by Gasteiger charge is 2.18. The van der Waals surface area contributed by atoms with Crippen molar-refractivity contribution in [3.8, 4) is 0 Å². The van der Waals surface area contributed by atoms with Gasteiger partial charge in [-0.2, -0.15) is 0 Å². The summed E-state index contributed by atoms with van der Waals surface area (Å²) in [4.78, 5) is 4.67. The number of fused-ring (bicyclic) bond motifs is 1. The van der Waals surface area contributed by atoms with Gasteiger partial charge in [0.15, 0.2) is 5.96 Å². The maximum Gasteiger partial charge on any atom is 0.191 e. The molecule has 3 rings (SSSR count). The minimum atomic E-state index is 0.416. The molecule has 0 saturated carbocycles. The predicted octanol–water partition coefficient (Wildman–Crippen LogP) is 3.10. The summed E-state index contributed by atoms with van der Waals surface area (Å²) in [5.74, 6) is 1.82. The number of hydrogen-bond acceptors (Lipinski definition) is 2. The zero-order valence-electron chi connectivity index (χ0n) is 14.0. The van der Waals surface area contributed by atoms with Crippen LogP contribution in [0.5, 0.6) is 0 Å². The topological polar surface area (TPSA) is 49.6 Å². The van der Waals surface area contributed by atoms with E-state index < -0.39 is 0 Å². The molecule has 1 atom stereocenters. The number of furan rings is 1. The highest BCUT2D eigenvalue weighted by Crippen LogP contribution is 2.20. The van der Waals surface area contributed by atoms with Crippen LogP contribution in [0.1, 0.15) is 23.3 Å². The van der Waals surface area contributed by atoms with Crippen molar-refractivity contribution >= 4 is 5.96 Å². The van der Waals surface area contributed by atoms with Gasteiger partial charge in [0.2, 0.25) is 0 Å². The van der Waals surface area contributed by atoms with E-state index in [1.165, 1.54) is 11.1 Å². The van der Waals surface area contributed by atoms with Crippen molar-refractivity contribution in [2.24, 2.45) is 4.99 Å². The van der Waals surface area contributed by atoms with E-state index in [0.29, 0.717) is 19.1 Å². The smallest absolute Gasteiger partial charge is 0.191 e. The molecule has 1 aromatic heterocycles. The average molecular weight is 323 g/mol. The molecule has 2 aromatic rings. The Hall–Kier alpha value is -2.49. The van der Waals surface area contributed by atoms with Crippen LogP contribution < -0.4 is 10.6 Å². The first kappa shape index (κ1) is 16.4. The van der Waals surface area contributed by atoms with Crippen LogP contribution in [0.2, 0.25) is 0 Å². The summed E-state index contributed by atoms with van der Waals surface area (Å²) in [6, 6.07) is 13.0. The molecule has 1 aliphatic rings. The van der Waals surface area contributed by atoms with Crippen LogP contribution in [-0.4, -0.2) is 25.1 Å². The number of hydrogen-bond donors (Lipinski definition) is 2. The van der Waals surface area contributed by atoms with Gasteiger partial charge in [0.05, 0.1) is 6.26 Å². The van der Waals surface area contributed by atoms with Crippen molar-refractivity contribution < 1.29 is 4.42 Å². The largest absolute Gasteiger partial charge is 0.469 e. The van der Waals surface area contributed by atoms with Gasteiger partial charge in [0, 0.05) is 25.6 Å². The Morgan fingerprint density at radius 2 is 2.12 bits per heavy atom. The lowest BCUT2D eigenvalue weighted by atomic mass is 9.88. The molecule has 1 aromatic carbocycles. The number of aryl methyl sites for hydroxylation is 1. The van der Waals surface area contributed by atoms with Crippen LogP contribution in [0.15, 0.2) is 64.7 Å². The minimum Gasteiger partial charge on any atom is -0.469 e. The van der Waals surface area contributed by atoms with Crippen molar-refractivity contribution in [3.63, 3.8) is 0 Å². The van der Waals surface area contributed by atoms with Gasteiger partial charge in [-0.15, -0.1) is 6.58 Å². The molecule has 4 heteroatoms. The SMILES string of the molecule is C=CCNC(=NCCc1ccco1)NC1CCc2ccccc2C1. The molecule has 1 aliphatic carbocycles. The molecule has 4 nitrogen and oxygen atoms in total. The van der Waals surface area contributed by atoms with Gasteiger partial charge in [-0.25, -0.2) is 0 Å². The fourth-order valence-corrected chi connectivity index (χ4v) is 3.07. The standard InChI is InChI=1S/C20H25N3O/c1-2-12-21-20(22-13-11-19-8-5-14-24-19)23-18-10-9-16-6-3-4-7-17(16)15-18/h2-8,14,18H,1,9-13,15H2,(H2,21,22,23). The summed E-state index contributed by atoms with van der Waals surface area (Å²) in [7, 11) is 0. The van der Waals surface area contributed by atoms with Crippen molar-refractivity contribution in [1.29, 1.82) is 0 Å². The number of guanidine groups is 1. The van der Waals surface area contributed by atoms with Gasteiger partial charge in [-0.1, -0.05) is 30.3 Å². The van der Waals surface area contributed by atoms with E-state index >= 15 is 0 Å². The monoisotopic (exact) mass is 323 g/mol. The fraction of sp³-hybridized carbons (Fsp3) is 0.350. The lowest BCUT2D eigenvalue weighted by Crippen LogP contribution is -2.45. The van der Waals surface area contributed by atoms with E-state index in [1.54, 1.807) is 6.26 Å². The van der Waals surface area contributed by atoms with E-state index in [9.17, 15) is 0 Å². The second-order valence-electron chi connectivity index (χ2n) is 6.08. The Labute approximate surface area is 143 Å². The summed E-state index contributed by atoms with van der Waals surface area (Å²) in [5.41, 5.74) is 2.92. The number of rotatable bonds is 6. The maximum atomic E-state index is 5.36. The fourth-order valence-electron chi connectivity index (χ4n) is 3.07. The van der Waals surface area contributed by atoms with Crippen LogP contribution in [-0.2, 0) is 19.3 Å². The van der Waals surface area contributed by atoms with Crippen molar-refractivity contribution in [3.05, 3.63) is 72.2 Å². The maximum absolute atomic E-state index is 5.36. The van der Waals surface area contributed by atoms with Crippen LogP contribution in [0.4, 0.5) is 0 Å². The Bertz CT molecular complexity index is 676. The van der Waals surface area contributed by atoms with Crippen LogP contribution in [0.25, 0.3) is 0 Å². The summed E-state index contributed by atoms with van der Waals surface area (Å²) >= 11 is 0. The second kappa shape index (κ2) is 8.39. The highest BCUT2D eigenvalue weighted by atomic mass is 16.3. The molecule has 126 valence electrons. The third-order valence-electron chi connectivity index (χ3n) is 4.31. The first-order valence-corrected chi connectivity index (χ1v) is 8.60. The molecule has 0 amide bonds. The molecule has 0 fully saturated rings. The lowest BCUT2D eigenvalue weighted by molar-refractivity contribution is 0.508. The third kappa shape index (κ3) is 4.51. The number of benzene rings is 1. The average Bonchev–Trinajstić information content (AvgIpc) is 3.13. The van der Waals surface area contributed by atoms with Crippen molar-refractivity contribution in [2.75, 3.05) is 13.1 Å². The van der Waals surface area contributed by atoms with Gasteiger partial charge in [-0.3, -0.25) is 4.99 Å². The van der Waals surface area contributed by atoms with Crippen LogP contribution >= 0.6 is 0 Å². The quantitative estimate of drug-likeness (QED) is 0.488. The van der Waals surface area contributed by atoms with Gasteiger partial charge < -0.3 is 15.1 Å². The van der Waals surface area contributed by atoms with E-state index in [2.05, 4.69) is 46.5 Å². The summed E-state index contributed by atoms with van der Waals surface area (Å²) < 4.78 is 5.36. The molecule has 2 N–H and O–H groups in total. The molecule has 0 aliphatic heterocycles. The first-order valence-electron chi connectivity index (χ1n) is 8.60. The normalized spacial score (nSPS) is 17.2. The molecule has 0 bridgehead atoms. The summed E-state index contributed by atoms with van der Waals surface area (Å²) in [5, 5.41) is 6.88. The molecule has 1 unspecified atom stereocenters. The van der Waals surface area contributed by atoms with E-state index in [4.69, 9.17) is 4.42 Å². The number of nitrogens with one attached hydrogen (secondary N) is 2. The molecule has 24 heavy (non-hydrogen) atoms. The van der Waals surface area contributed by atoms with Crippen LogP contribution in [0, 0.1) is 0 Å². The lowest BCUT2D eigenvalue weighted by Gasteiger charge is -2.27. The predicted molar refractivity (Wildman–Crippen MR) is 98.3 cm³/mol. The van der Waals surface area contributed by atoms with Crippen molar-refractivity contribution in [1.82, 2.24) is 10.6 Å². The van der Waals surface area contributed by atoms with E-state index in [1.807, 2.05) is 18.2 Å². The Morgan fingerprint density at radius 3 is 2.92 bits per heavy atom. The first-order chi connectivity index (χ1) is 11.8. The van der Waals surface area contributed by atoms with E-state index in [0.717, 1.165) is 37.4 Å². The molecule has 1 heterocycles.